The van der Waals surface area contributed by atoms with Crippen molar-refractivity contribution in [3.05, 3.63) is 0 Å². The lowest BCUT2D eigenvalue weighted by atomic mass is 9.69. The van der Waals surface area contributed by atoms with Gasteiger partial charge < -0.3 is 5.32 Å². The zero-order chi connectivity index (χ0) is 10.2. The molecule has 2 aliphatic rings. The van der Waals surface area contributed by atoms with Gasteiger partial charge in [-0.3, -0.25) is 0 Å². The number of piperidine rings is 1. The maximum Gasteiger partial charge on any atom is -0.00435 e. The van der Waals surface area contributed by atoms with Crippen molar-refractivity contribution in [2.75, 3.05) is 13.1 Å². The summed E-state index contributed by atoms with van der Waals surface area (Å²) in [6, 6.07) is 0. The molecule has 2 rings (SSSR count). The van der Waals surface area contributed by atoms with Crippen LogP contribution in [0.3, 0.4) is 0 Å². The molecule has 0 aromatic heterocycles. The second-order valence-electron chi connectivity index (χ2n) is 5.85. The fraction of sp³-hybridized carbons (Fsp3) is 1.00. The van der Waals surface area contributed by atoms with Crippen molar-refractivity contribution in [1.82, 2.24) is 5.32 Å². The molecule has 1 nitrogen and oxygen atoms in total. The molecule has 2 atom stereocenters. The molecule has 0 radical (unpaired) electrons. The van der Waals surface area contributed by atoms with Gasteiger partial charge in [-0.2, -0.15) is 0 Å². The minimum absolute atomic E-state index is 0.722. The molecule has 1 saturated carbocycles. The molecule has 0 aromatic carbocycles. The second-order valence-corrected chi connectivity index (χ2v) is 5.85. The zero-order valence-electron chi connectivity index (χ0n) is 9.97. The SMILES string of the molecule is CC(C)C1CCC2(CCNCC2)C1C. The molecule has 1 aliphatic carbocycles. The number of hydrogen-bond acceptors (Lipinski definition) is 1. The quantitative estimate of drug-likeness (QED) is 0.678. The van der Waals surface area contributed by atoms with Crippen LogP contribution in [0.2, 0.25) is 0 Å². The topological polar surface area (TPSA) is 12.0 Å². The third-order valence-corrected chi connectivity index (χ3v) is 5.04. The lowest BCUT2D eigenvalue weighted by Gasteiger charge is -2.40. The summed E-state index contributed by atoms with van der Waals surface area (Å²) in [6.45, 7) is 9.84. The minimum Gasteiger partial charge on any atom is -0.317 e. The average molecular weight is 195 g/mol. The molecule has 82 valence electrons. The van der Waals surface area contributed by atoms with Crippen LogP contribution < -0.4 is 5.32 Å². The smallest absolute Gasteiger partial charge is 0.00435 e. The first-order valence-corrected chi connectivity index (χ1v) is 6.36. The number of hydrogen-bond donors (Lipinski definition) is 1. The van der Waals surface area contributed by atoms with Gasteiger partial charge in [0, 0.05) is 0 Å². The highest BCUT2D eigenvalue weighted by Crippen LogP contribution is 2.54. The normalized spacial score (nSPS) is 36.9. The van der Waals surface area contributed by atoms with Gasteiger partial charge in [0.05, 0.1) is 0 Å². The summed E-state index contributed by atoms with van der Waals surface area (Å²) in [6.07, 6.45) is 5.84. The van der Waals surface area contributed by atoms with Gasteiger partial charge in [-0.15, -0.1) is 0 Å². The van der Waals surface area contributed by atoms with Gasteiger partial charge in [0.2, 0.25) is 0 Å². The third-order valence-electron chi connectivity index (χ3n) is 5.04. The van der Waals surface area contributed by atoms with E-state index >= 15 is 0 Å². The molecule has 2 unspecified atom stereocenters. The molecule has 14 heavy (non-hydrogen) atoms. The molecule has 0 amide bonds. The average Bonchev–Trinajstić information content (AvgIpc) is 2.46. The predicted molar refractivity (Wildman–Crippen MR) is 61.3 cm³/mol. The Labute approximate surface area is 88.7 Å². The zero-order valence-corrected chi connectivity index (χ0v) is 9.97. The van der Waals surface area contributed by atoms with Gasteiger partial charge in [0.1, 0.15) is 0 Å². The fourth-order valence-electron chi connectivity index (χ4n) is 3.93. The molecule has 1 heteroatoms. The Bertz CT molecular complexity index is 191. The highest BCUT2D eigenvalue weighted by molar-refractivity contribution is 4.97. The summed E-state index contributed by atoms with van der Waals surface area (Å²) in [5, 5.41) is 3.50. The molecule has 1 spiro atoms. The van der Waals surface area contributed by atoms with Crippen molar-refractivity contribution in [2.45, 2.75) is 46.5 Å². The van der Waals surface area contributed by atoms with Crippen molar-refractivity contribution in [3.63, 3.8) is 0 Å². The van der Waals surface area contributed by atoms with E-state index in [9.17, 15) is 0 Å². The van der Waals surface area contributed by atoms with Gasteiger partial charge in [-0.25, -0.2) is 0 Å². The summed E-state index contributed by atoms with van der Waals surface area (Å²) >= 11 is 0. The Morgan fingerprint density at radius 2 is 1.79 bits per heavy atom. The Morgan fingerprint density at radius 1 is 1.14 bits per heavy atom. The third kappa shape index (κ3) is 1.60. The molecule has 0 aromatic rings. The van der Waals surface area contributed by atoms with Crippen LogP contribution in [0.5, 0.6) is 0 Å². The van der Waals surface area contributed by atoms with Crippen LogP contribution in [0.25, 0.3) is 0 Å². The van der Waals surface area contributed by atoms with Crippen LogP contribution in [-0.4, -0.2) is 13.1 Å². The summed E-state index contributed by atoms with van der Waals surface area (Å²) in [5.74, 6) is 2.84. The van der Waals surface area contributed by atoms with E-state index in [1.807, 2.05) is 0 Å². The van der Waals surface area contributed by atoms with Crippen molar-refractivity contribution in [1.29, 1.82) is 0 Å². The van der Waals surface area contributed by atoms with E-state index in [4.69, 9.17) is 0 Å². The first kappa shape index (κ1) is 10.5. The molecule has 1 heterocycles. The van der Waals surface area contributed by atoms with E-state index in [0.717, 1.165) is 23.2 Å². The van der Waals surface area contributed by atoms with Crippen LogP contribution in [0.4, 0.5) is 0 Å². The van der Waals surface area contributed by atoms with E-state index in [1.54, 1.807) is 0 Å². The monoisotopic (exact) mass is 195 g/mol. The lowest BCUT2D eigenvalue weighted by Crippen LogP contribution is -2.39. The number of rotatable bonds is 1. The Balaban J connectivity index is 2.07. The lowest BCUT2D eigenvalue weighted by molar-refractivity contribution is 0.117. The van der Waals surface area contributed by atoms with E-state index in [0.29, 0.717) is 0 Å². The van der Waals surface area contributed by atoms with Crippen molar-refractivity contribution in [2.24, 2.45) is 23.2 Å². The summed E-state index contributed by atoms with van der Waals surface area (Å²) in [7, 11) is 0. The summed E-state index contributed by atoms with van der Waals surface area (Å²) in [5.41, 5.74) is 0.722. The maximum absolute atomic E-state index is 3.50. The molecule has 2 fully saturated rings. The van der Waals surface area contributed by atoms with Crippen LogP contribution in [0, 0.1) is 23.2 Å². The van der Waals surface area contributed by atoms with E-state index < -0.39 is 0 Å². The Morgan fingerprint density at radius 3 is 2.29 bits per heavy atom. The molecule has 1 aliphatic heterocycles. The standard InChI is InChI=1S/C13H25N/c1-10(2)12-4-5-13(11(12)3)6-8-14-9-7-13/h10-12,14H,4-9H2,1-3H3. The van der Waals surface area contributed by atoms with Crippen LogP contribution in [-0.2, 0) is 0 Å². The van der Waals surface area contributed by atoms with Crippen molar-refractivity contribution >= 4 is 0 Å². The van der Waals surface area contributed by atoms with Crippen LogP contribution >= 0.6 is 0 Å². The molecule has 1 N–H and O–H groups in total. The second kappa shape index (κ2) is 3.84. The molecule has 1 saturated heterocycles. The van der Waals surface area contributed by atoms with Gasteiger partial charge in [-0.05, 0) is 61.9 Å². The minimum atomic E-state index is 0.722. The van der Waals surface area contributed by atoms with E-state index in [-0.39, 0.29) is 0 Å². The fourth-order valence-corrected chi connectivity index (χ4v) is 3.93. The predicted octanol–water partition coefficient (Wildman–Crippen LogP) is 3.06. The summed E-state index contributed by atoms with van der Waals surface area (Å²) < 4.78 is 0. The maximum atomic E-state index is 3.50. The number of nitrogens with one attached hydrogen (secondary N) is 1. The van der Waals surface area contributed by atoms with Crippen LogP contribution in [0.1, 0.15) is 46.5 Å². The first-order chi connectivity index (χ1) is 6.66. The van der Waals surface area contributed by atoms with Gasteiger partial charge >= 0.3 is 0 Å². The van der Waals surface area contributed by atoms with Crippen LogP contribution in [0.15, 0.2) is 0 Å². The molecule has 0 bridgehead atoms. The Hall–Kier alpha value is -0.0400. The van der Waals surface area contributed by atoms with E-state index in [2.05, 4.69) is 26.1 Å². The largest absolute Gasteiger partial charge is 0.317 e. The summed E-state index contributed by atoms with van der Waals surface area (Å²) in [4.78, 5) is 0. The molecular formula is C13H25N. The first-order valence-electron chi connectivity index (χ1n) is 6.36. The van der Waals surface area contributed by atoms with Gasteiger partial charge in [-0.1, -0.05) is 20.8 Å². The van der Waals surface area contributed by atoms with Crippen molar-refractivity contribution < 1.29 is 0 Å². The van der Waals surface area contributed by atoms with Crippen molar-refractivity contribution in [3.8, 4) is 0 Å². The van der Waals surface area contributed by atoms with Gasteiger partial charge in [0.25, 0.3) is 0 Å². The Kier molecular flexibility index (Phi) is 2.88. The highest BCUT2D eigenvalue weighted by atomic mass is 14.9. The van der Waals surface area contributed by atoms with E-state index in [1.165, 1.54) is 38.8 Å². The van der Waals surface area contributed by atoms with Gasteiger partial charge in [0.15, 0.2) is 0 Å². The molecular weight excluding hydrogens is 170 g/mol. The highest BCUT2D eigenvalue weighted by Gasteiger charge is 2.46.